The van der Waals surface area contributed by atoms with Crippen molar-refractivity contribution in [3.05, 3.63) is 48.4 Å². The molecule has 0 aliphatic rings. The number of nitrogens with zero attached hydrogens (tertiary/aromatic N) is 3. The fourth-order valence-electron chi connectivity index (χ4n) is 2.24. The van der Waals surface area contributed by atoms with Gasteiger partial charge in [0.15, 0.2) is 0 Å². The predicted molar refractivity (Wildman–Crippen MR) is 83.8 cm³/mol. The third kappa shape index (κ3) is 2.42. The van der Waals surface area contributed by atoms with E-state index < -0.39 is 0 Å². The number of pyridine rings is 1. The van der Waals surface area contributed by atoms with Crippen LogP contribution in [0.3, 0.4) is 0 Å². The number of fused-ring (bicyclic) bond motifs is 1. The van der Waals surface area contributed by atoms with Gasteiger partial charge in [0.2, 0.25) is 0 Å². The monoisotopic (exact) mass is 286 g/mol. The van der Waals surface area contributed by atoms with Gasteiger partial charge in [0, 0.05) is 23.5 Å². The summed E-state index contributed by atoms with van der Waals surface area (Å²) in [6, 6.07) is 9.82. The van der Waals surface area contributed by atoms with Crippen molar-refractivity contribution in [2.24, 2.45) is 0 Å². The number of anilines is 1. The number of hydrogen-bond donors (Lipinski definition) is 1. The Morgan fingerprint density at radius 1 is 1.00 bits per heavy atom. The second-order valence-corrected chi connectivity index (χ2v) is 4.31. The van der Waals surface area contributed by atoms with E-state index >= 15 is 0 Å². The summed E-state index contributed by atoms with van der Waals surface area (Å²) in [6.07, 6.45) is 4.24. The molecule has 0 radical (unpaired) electrons. The van der Waals surface area contributed by atoms with Gasteiger partial charge in [-0.2, -0.15) is 0 Å². The summed E-state index contributed by atoms with van der Waals surface area (Å²) in [5, 5.41) is 0. The zero-order valence-corrected chi connectivity index (χ0v) is 11.9. The van der Waals surface area contributed by atoms with Gasteiger partial charge in [-0.3, -0.25) is 9.97 Å². The zero-order valence-electron chi connectivity index (χ0n) is 11.1. The molecule has 5 heteroatoms. The fraction of sp³-hybridized carbons (Fsp3) is 0.133. The van der Waals surface area contributed by atoms with Crippen molar-refractivity contribution in [3.63, 3.8) is 0 Å². The van der Waals surface area contributed by atoms with Crippen LogP contribution in [0.1, 0.15) is 12.6 Å². The topological polar surface area (TPSA) is 64.7 Å². The van der Waals surface area contributed by atoms with E-state index in [4.69, 9.17) is 5.73 Å². The highest BCUT2D eigenvalue weighted by atomic mass is 35.5. The molecule has 0 aliphatic heterocycles. The third-order valence-electron chi connectivity index (χ3n) is 3.12. The molecule has 0 saturated heterocycles. The molecular formula is C15H15ClN4. The number of aryl methyl sites for hydroxylation is 1. The number of nitrogens with two attached hydrogens (primary N) is 1. The van der Waals surface area contributed by atoms with E-state index in [1.165, 1.54) is 0 Å². The summed E-state index contributed by atoms with van der Waals surface area (Å²) in [4.78, 5) is 13.2. The van der Waals surface area contributed by atoms with Crippen LogP contribution >= 0.6 is 12.4 Å². The van der Waals surface area contributed by atoms with Crippen LogP contribution in [0.15, 0.2) is 42.7 Å². The highest BCUT2D eigenvalue weighted by molar-refractivity contribution is 5.92. The molecule has 0 saturated carbocycles. The van der Waals surface area contributed by atoms with Gasteiger partial charge in [-0.25, -0.2) is 4.98 Å². The second-order valence-electron chi connectivity index (χ2n) is 4.31. The smallest absolute Gasteiger partial charge is 0.123 e. The van der Waals surface area contributed by atoms with Crippen LogP contribution in [0.25, 0.3) is 22.2 Å². The Hall–Kier alpha value is -2.20. The van der Waals surface area contributed by atoms with E-state index in [2.05, 4.69) is 21.9 Å². The average Bonchev–Trinajstić information content (AvgIpc) is 2.46. The van der Waals surface area contributed by atoms with Gasteiger partial charge in [-0.15, -0.1) is 12.4 Å². The highest BCUT2D eigenvalue weighted by Gasteiger charge is 2.10. The van der Waals surface area contributed by atoms with Crippen LogP contribution in [0.2, 0.25) is 0 Å². The first-order valence-corrected chi connectivity index (χ1v) is 6.25. The van der Waals surface area contributed by atoms with E-state index in [1.807, 2.05) is 30.3 Å². The van der Waals surface area contributed by atoms with Crippen LogP contribution in [-0.2, 0) is 6.42 Å². The van der Waals surface area contributed by atoms with Crippen LogP contribution < -0.4 is 5.73 Å². The minimum absolute atomic E-state index is 0. The first-order chi connectivity index (χ1) is 9.29. The van der Waals surface area contributed by atoms with Crippen LogP contribution in [-0.4, -0.2) is 15.0 Å². The van der Waals surface area contributed by atoms with E-state index in [9.17, 15) is 0 Å². The first kappa shape index (κ1) is 14.2. The van der Waals surface area contributed by atoms with Crippen molar-refractivity contribution in [2.45, 2.75) is 13.3 Å². The summed E-state index contributed by atoms with van der Waals surface area (Å²) < 4.78 is 0. The minimum atomic E-state index is 0. The molecule has 4 nitrogen and oxygen atoms in total. The number of benzene rings is 1. The lowest BCUT2D eigenvalue weighted by Gasteiger charge is -2.10. The summed E-state index contributed by atoms with van der Waals surface area (Å²) >= 11 is 0. The highest BCUT2D eigenvalue weighted by Crippen LogP contribution is 2.29. The van der Waals surface area contributed by atoms with Gasteiger partial charge >= 0.3 is 0 Å². The number of para-hydroxylation sites is 1. The maximum atomic E-state index is 5.75. The number of hydrogen-bond acceptors (Lipinski definition) is 4. The Bertz CT molecular complexity index is 738. The largest absolute Gasteiger partial charge is 0.384 e. The van der Waals surface area contributed by atoms with Crippen LogP contribution in [0.4, 0.5) is 5.82 Å². The quantitative estimate of drug-likeness (QED) is 0.785. The van der Waals surface area contributed by atoms with Gasteiger partial charge in [0.05, 0.1) is 16.7 Å². The van der Waals surface area contributed by atoms with Crippen molar-refractivity contribution in [3.8, 4) is 11.1 Å². The number of rotatable bonds is 2. The molecule has 3 aromatic rings. The van der Waals surface area contributed by atoms with Crippen molar-refractivity contribution in [1.82, 2.24) is 15.0 Å². The molecule has 0 unspecified atom stereocenters. The fourth-order valence-corrected chi connectivity index (χ4v) is 2.24. The Morgan fingerprint density at radius 2 is 1.80 bits per heavy atom. The number of aromatic nitrogens is 3. The maximum absolute atomic E-state index is 5.75. The third-order valence-corrected chi connectivity index (χ3v) is 3.12. The van der Waals surface area contributed by atoms with Gasteiger partial charge < -0.3 is 5.73 Å². The SMILES string of the molecule is CCc1nc(N)ccc1-c1cccc2nccnc12.Cl. The Labute approximate surface area is 123 Å². The van der Waals surface area contributed by atoms with Crippen molar-refractivity contribution < 1.29 is 0 Å². The number of halogens is 1. The second kappa shape index (κ2) is 5.84. The molecule has 0 amide bonds. The van der Waals surface area contributed by atoms with Crippen LogP contribution in [0.5, 0.6) is 0 Å². The molecule has 0 aliphatic carbocycles. The standard InChI is InChI=1S/C15H14N4.ClH/c1-2-12-10(6-7-14(16)19-12)11-4-3-5-13-15(11)18-9-8-17-13;/h3-9H,2H2,1H3,(H2,16,19);1H. The molecule has 0 atom stereocenters. The van der Waals surface area contributed by atoms with E-state index in [0.29, 0.717) is 5.82 Å². The molecule has 2 N–H and O–H groups in total. The van der Waals surface area contributed by atoms with Gasteiger partial charge in [-0.1, -0.05) is 19.1 Å². The first-order valence-electron chi connectivity index (χ1n) is 6.25. The van der Waals surface area contributed by atoms with Crippen molar-refractivity contribution in [1.29, 1.82) is 0 Å². The van der Waals surface area contributed by atoms with Gasteiger partial charge in [-0.05, 0) is 24.6 Å². The number of nitrogen functional groups attached to an aromatic ring is 1. The molecule has 3 rings (SSSR count). The van der Waals surface area contributed by atoms with E-state index in [1.54, 1.807) is 12.4 Å². The molecule has 0 fully saturated rings. The van der Waals surface area contributed by atoms with E-state index in [0.717, 1.165) is 34.3 Å². The lowest BCUT2D eigenvalue weighted by atomic mass is 10.0. The van der Waals surface area contributed by atoms with Crippen LogP contribution in [0, 0.1) is 0 Å². The minimum Gasteiger partial charge on any atom is -0.384 e. The van der Waals surface area contributed by atoms with E-state index in [-0.39, 0.29) is 12.4 Å². The molecule has 0 bridgehead atoms. The molecule has 0 spiro atoms. The molecule has 1 aromatic carbocycles. The molecule has 102 valence electrons. The summed E-state index contributed by atoms with van der Waals surface area (Å²) in [7, 11) is 0. The maximum Gasteiger partial charge on any atom is 0.123 e. The Kier molecular flexibility index (Phi) is 4.15. The van der Waals surface area contributed by atoms with Gasteiger partial charge in [0.1, 0.15) is 5.82 Å². The molecule has 2 aromatic heterocycles. The molecule has 20 heavy (non-hydrogen) atoms. The Morgan fingerprint density at radius 3 is 2.60 bits per heavy atom. The zero-order chi connectivity index (χ0) is 13.2. The predicted octanol–water partition coefficient (Wildman–Crippen LogP) is 3.26. The lowest BCUT2D eigenvalue weighted by Crippen LogP contribution is -1.98. The summed E-state index contributed by atoms with van der Waals surface area (Å²) in [6.45, 7) is 2.07. The van der Waals surface area contributed by atoms with Gasteiger partial charge in [0.25, 0.3) is 0 Å². The Balaban J connectivity index is 0.00000147. The molecular weight excluding hydrogens is 272 g/mol. The van der Waals surface area contributed by atoms with Crippen molar-refractivity contribution in [2.75, 3.05) is 5.73 Å². The lowest BCUT2D eigenvalue weighted by molar-refractivity contribution is 1.04. The average molecular weight is 287 g/mol. The molecule has 2 heterocycles. The summed E-state index contributed by atoms with van der Waals surface area (Å²) in [5.74, 6) is 0.548. The summed E-state index contributed by atoms with van der Waals surface area (Å²) in [5.41, 5.74) is 10.6. The van der Waals surface area contributed by atoms with Crippen molar-refractivity contribution >= 4 is 29.3 Å². The normalized spacial score (nSPS) is 10.2.